The van der Waals surface area contributed by atoms with Gasteiger partial charge in [-0.25, -0.2) is 17.9 Å². The number of nitrogens with one attached hydrogen (secondary N) is 1. The van der Waals surface area contributed by atoms with E-state index >= 15 is 0 Å². The molecule has 1 aromatic rings. The van der Waals surface area contributed by atoms with Crippen molar-refractivity contribution in [2.75, 3.05) is 13.7 Å². The van der Waals surface area contributed by atoms with E-state index in [2.05, 4.69) is 9.46 Å². The van der Waals surface area contributed by atoms with Crippen LogP contribution in [0.25, 0.3) is 0 Å². The van der Waals surface area contributed by atoms with Crippen LogP contribution in [0.5, 0.6) is 0 Å². The van der Waals surface area contributed by atoms with E-state index in [4.69, 9.17) is 9.52 Å². The topological polar surface area (TPSA) is 106 Å². The molecule has 108 valence electrons. The van der Waals surface area contributed by atoms with Crippen LogP contribution in [0.4, 0.5) is 0 Å². The summed E-state index contributed by atoms with van der Waals surface area (Å²) >= 11 is 0. The first-order chi connectivity index (χ1) is 8.70. The summed E-state index contributed by atoms with van der Waals surface area (Å²) in [6.45, 7) is 4.20. The zero-order valence-electron chi connectivity index (χ0n) is 11.2. The zero-order chi connectivity index (χ0) is 14.8. The average Bonchev–Trinajstić information content (AvgIpc) is 2.61. The second-order valence-corrected chi connectivity index (χ2v) is 5.81. The van der Waals surface area contributed by atoms with Crippen molar-refractivity contribution in [3.8, 4) is 0 Å². The van der Waals surface area contributed by atoms with Crippen molar-refractivity contribution in [3.63, 3.8) is 0 Å². The fraction of sp³-hybridized carbons (Fsp3) is 0.545. The predicted molar refractivity (Wildman–Crippen MR) is 66.4 cm³/mol. The van der Waals surface area contributed by atoms with Gasteiger partial charge in [0.1, 0.15) is 22.0 Å². The molecule has 19 heavy (non-hydrogen) atoms. The second-order valence-electron chi connectivity index (χ2n) is 4.11. The van der Waals surface area contributed by atoms with Crippen LogP contribution in [-0.4, -0.2) is 39.3 Å². The lowest BCUT2D eigenvalue weighted by Crippen LogP contribution is -2.31. The molecule has 0 aromatic carbocycles. The van der Waals surface area contributed by atoms with E-state index in [1.54, 1.807) is 0 Å². The standard InChI is InChI=1S/C11H17NO6S/c1-6(13)5-12-19(15,16)10-8(3)18-7(2)9(10)11(14)17-4/h6,12-13H,5H2,1-4H3. The molecule has 8 heteroatoms. The number of carbonyl (C=O) groups is 1. The van der Waals surface area contributed by atoms with Gasteiger partial charge in [-0.1, -0.05) is 0 Å². The Hall–Kier alpha value is -1.38. The van der Waals surface area contributed by atoms with E-state index in [-0.39, 0.29) is 28.5 Å². The molecular weight excluding hydrogens is 274 g/mol. The predicted octanol–water partition coefficient (Wildman–Crippen LogP) is 0.342. The van der Waals surface area contributed by atoms with Gasteiger partial charge in [-0.2, -0.15) is 0 Å². The highest BCUT2D eigenvalue weighted by Gasteiger charge is 2.31. The number of esters is 1. The van der Waals surface area contributed by atoms with Gasteiger partial charge < -0.3 is 14.3 Å². The number of furan rings is 1. The Morgan fingerprint density at radius 1 is 1.42 bits per heavy atom. The first-order valence-electron chi connectivity index (χ1n) is 5.56. The van der Waals surface area contributed by atoms with Gasteiger partial charge in [0.25, 0.3) is 0 Å². The Morgan fingerprint density at radius 2 is 2.00 bits per heavy atom. The van der Waals surface area contributed by atoms with Gasteiger partial charge in [0, 0.05) is 6.54 Å². The first-order valence-corrected chi connectivity index (χ1v) is 7.05. The maximum atomic E-state index is 12.1. The Bertz CT molecular complexity index is 572. The van der Waals surface area contributed by atoms with E-state index in [0.29, 0.717) is 0 Å². The summed E-state index contributed by atoms with van der Waals surface area (Å²) in [5.41, 5.74) is -0.127. The summed E-state index contributed by atoms with van der Waals surface area (Å²) in [7, 11) is -2.80. The fourth-order valence-corrected chi connectivity index (χ4v) is 3.15. The summed E-state index contributed by atoms with van der Waals surface area (Å²) in [6.07, 6.45) is -0.843. The lowest BCUT2D eigenvalue weighted by molar-refractivity contribution is 0.0595. The molecular formula is C11H17NO6S. The Morgan fingerprint density at radius 3 is 2.47 bits per heavy atom. The maximum absolute atomic E-state index is 12.1. The third-order valence-electron chi connectivity index (χ3n) is 2.43. The molecule has 1 aromatic heterocycles. The minimum Gasteiger partial charge on any atom is -0.465 e. The SMILES string of the molecule is COC(=O)c1c(C)oc(C)c1S(=O)(=O)NCC(C)O. The summed E-state index contributed by atoms with van der Waals surface area (Å²) in [5, 5.41) is 9.12. The molecule has 0 fully saturated rings. The largest absolute Gasteiger partial charge is 0.465 e. The smallest absolute Gasteiger partial charge is 0.342 e. The van der Waals surface area contributed by atoms with Crippen molar-refractivity contribution in [1.82, 2.24) is 4.72 Å². The van der Waals surface area contributed by atoms with Gasteiger partial charge in [-0.15, -0.1) is 0 Å². The Balaban J connectivity index is 3.30. The Kier molecular flexibility index (Phi) is 4.72. The molecule has 2 N–H and O–H groups in total. The lowest BCUT2D eigenvalue weighted by atomic mass is 10.2. The van der Waals surface area contributed by atoms with Crippen molar-refractivity contribution in [2.24, 2.45) is 0 Å². The summed E-state index contributed by atoms with van der Waals surface area (Å²) < 4.78 is 36.2. The molecule has 1 unspecified atom stereocenters. The number of ether oxygens (including phenoxy) is 1. The van der Waals surface area contributed by atoms with Crippen LogP contribution < -0.4 is 4.72 Å². The molecule has 1 rings (SSSR count). The number of sulfonamides is 1. The van der Waals surface area contributed by atoms with Gasteiger partial charge in [0.05, 0.1) is 13.2 Å². The summed E-state index contributed by atoms with van der Waals surface area (Å²) in [5.74, 6) is -0.524. The number of aliphatic hydroxyl groups excluding tert-OH is 1. The number of rotatable bonds is 5. The van der Waals surface area contributed by atoms with Gasteiger partial charge in [-0.05, 0) is 20.8 Å². The molecule has 7 nitrogen and oxygen atoms in total. The number of aryl methyl sites for hydroxylation is 2. The minimum atomic E-state index is -3.96. The molecule has 0 spiro atoms. The van der Waals surface area contributed by atoms with Crippen LogP contribution in [-0.2, 0) is 14.8 Å². The van der Waals surface area contributed by atoms with Gasteiger partial charge in [-0.3, -0.25) is 0 Å². The van der Waals surface area contributed by atoms with E-state index in [9.17, 15) is 13.2 Å². The third kappa shape index (κ3) is 3.34. The highest BCUT2D eigenvalue weighted by atomic mass is 32.2. The number of aliphatic hydroxyl groups is 1. The van der Waals surface area contributed by atoms with Crippen molar-refractivity contribution in [1.29, 1.82) is 0 Å². The lowest BCUT2D eigenvalue weighted by Gasteiger charge is -2.09. The molecule has 0 bridgehead atoms. The molecule has 0 aliphatic rings. The van der Waals surface area contributed by atoms with E-state index < -0.39 is 22.1 Å². The van der Waals surface area contributed by atoms with Gasteiger partial charge >= 0.3 is 5.97 Å². The number of methoxy groups -OCH3 is 1. The van der Waals surface area contributed by atoms with Gasteiger partial charge in [0.15, 0.2) is 0 Å². The van der Waals surface area contributed by atoms with Crippen LogP contribution in [0.2, 0.25) is 0 Å². The quantitative estimate of drug-likeness (QED) is 0.758. The molecule has 0 aliphatic heterocycles. The molecule has 0 aliphatic carbocycles. The molecule has 1 atom stereocenters. The van der Waals surface area contributed by atoms with Crippen LogP contribution in [0.1, 0.15) is 28.8 Å². The Labute approximate surface area is 111 Å². The first kappa shape index (κ1) is 15.7. The van der Waals surface area contributed by atoms with Crippen molar-refractivity contribution in [2.45, 2.75) is 31.8 Å². The number of hydrogen-bond acceptors (Lipinski definition) is 6. The number of hydrogen-bond donors (Lipinski definition) is 2. The van der Waals surface area contributed by atoms with Gasteiger partial charge in [0.2, 0.25) is 10.0 Å². The van der Waals surface area contributed by atoms with E-state index in [1.807, 2.05) is 0 Å². The van der Waals surface area contributed by atoms with Crippen molar-refractivity contribution in [3.05, 3.63) is 17.1 Å². The van der Waals surface area contributed by atoms with E-state index in [1.165, 1.54) is 20.8 Å². The fourth-order valence-electron chi connectivity index (χ4n) is 1.63. The zero-order valence-corrected chi connectivity index (χ0v) is 12.0. The normalized spacial score (nSPS) is 13.3. The molecule has 1 heterocycles. The number of carbonyl (C=O) groups excluding carboxylic acids is 1. The second kappa shape index (κ2) is 5.72. The van der Waals surface area contributed by atoms with E-state index in [0.717, 1.165) is 7.11 Å². The third-order valence-corrected chi connectivity index (χ3v) is 4.01. The summed E-state index contributed by atoms with van der Waals surface area (Å²) in [6, 6.07) is 0. The molecule has 0 saturated carbocycles. The van der Waals surface area contributed by atoms with Crippen LogP contribution in [0, 0.1) is 13.8 Å². The van der Waals surface area contributed by atoms with Crippen molar-refractivity contribution < 1.29 is 27.5 Å². The average molecular weight is 291 g/mol. The molecule has 0 saturated heterocycles. The highest BCUT2D eigenvalue weighted by molar-refractivity contribution is 7.89. The monoisotopic (exact) mass is 291 g/mol. The minimum absolute atomic E-state index is 0.0935. The maximum Gasteiger partial charge on any atom is 0.342 e. The molecule has 0 amide bonds. The van der Waals surface area contributed by atoms with Crippen molar-refractivity contribution >= 4 is 16.0 Å². The summed E-state index contributed by atoms with van der Waals surface area (Å²) in [4.78, 5) is 11.4. The van der Waals surface area contributed by atoms with Crippen LogP contribution >= 0.6 is 0 Å². The highest BCUT2D eigenvalue weighted by Crippen LogP contribution is 2.27. The van der Waals surface area contributed by atoms with Crippen LogP contribution in [0.3, 0.4) is 0 Å². The van der Waals surface area contributed by atoms with Crippen LogP contribution in [0.15, 0.2) is 9.31 Å². The molecule has 0 radical (unpaired) electrons.